The van der Waals surface area contributed by atoms with Crippen molar-refractivity contribution < 1.29 is 8.78 Å². The zero-order valence-electron chi connectivity index (χ0n) is 12.4. The van der Waals surface area contributed by atoms with Crippen LogP contribution in [-0.2, 0) is 13.1 Å². The van der Waals surface area contributed by atoms with Gasteiger partial charge in [-0.05, 0) is 12.1 Å². The smallest absolute Gasteiger partial charge is 0.256 e. The lowest BCUT2D eigenvalue weighted by molar-refractivity contribution is 0.126. The van der Waals surface area contributed by atoms with Gasteiger partial charge in [-0.25, -0.2) is 28.7 Å². The molecule has 0 atom stereocenters. The minimum absolute atomic E-state index is 0.317. The number of fused-ring (bicyclic) bond motifs is 1. The van der Waals surface area contributed by atoms with Crippen molar-refractivity contribution in [1.82, 2.24) is 29.1 Å². The van der Waals surface area contributed by atoms with Crippen molar-refractivity contribution in [2.24, 2.45) is 0 Å². The van der Waals surface area contributed by atoms with Crippen LogP contribution in [0.25, 0.3) is 22.0 Å². The van der Waals surface area contributed by atoms with E-state index < -0.39 is 13.0 Å². The molecule has 0 fully saturated rings. The van der Waals surface area contributed by atoms with Crippen LogP contribution in [0.4, 0.5) is 8.78 Å². The normalized spacial score (nSPS) is 11.6. The predicted molar refractivity (Wildman–Crippen MR) is 86.0 cm³/mol. The lowest BCUT2D eigenvalue weighted by Crippen LogP contribution is -2.13. The summed E-state index contributed by atoms with van der Waals surface area (Å²) in [7, 11) is 0. The molecule has 24 heavy (non-hydrogen) atoms. The molecule has 0 spiro atoms. The monoisotopic (exact) mass is 346 g/mol. The topological polar surface area (TPSA) is 61.4 Å². The van der Waals surface area contributed by atoms with Crippen molar-refractivity contribution in [3.05, 3.63) is 48.1 Å². The van der Waals surface area contributed by atoms with E-state index in [0.29, 0.717) is 29.4 Å². The third-order valence-electron chi connectivity index (χ3n) is 3.55. The Hall–Kier alpha value is -2.68. The molecule has 0 unspecified atom stereocenters. The van der Waals surface area contributed by atoms with Crippen molar-refractivity contribution in [2.75, 3.05) is 0 Å². The maximum absolute atomic E-state index is 13.0. The van der Waals surface area contributed by atoms with Crippen LogP contribution >= 0.6 is 11.3 Å². The minimum atomic E-state index is -2.48. The predicted octanol–water partition coefficient (Wildman–Crippen LogP) is 3.06. The lowest BCUT2D eigenvalue weighted by atomic mass is 10.4. The molecular formula is C15H12F2N6S. The fraction of sp³-hybridized carbons (Fsp3) is 0.200. The molecule has 4 aromatic rings. The van der Waals surface area contributed by atoms with Gasteiger partial charge in [0.1, 0.15) is 11.3 Å². The molecule has 4 heterocycles. The Morgan fingerprint density at radius 1 is 1.12 bits per heavy atom. The highest BCUT2D eigenvalue weighted by molar-refractivity contribution is 7.13. The third-order valence-corrected chi connectivity index (χ3v) is 4.32. The molecule has 9 heteroatoms. The second-order valence-electron chi connectivity index (χ2n) is 5.09. The average molecular weight is 346 g/mol. The Balaban J connectivity index is 1.76. The zero-order chi connectivity index (χ0) is 16.5. The largest absolute Gasteiger partial charge is 0.321 e. The van der Waals surface area contributed by atoms with Gasteiger partial charge in [-0.15, -0.1) is 11.3 Å². The molecule has 0 aliphatic carbocycles. The molecule has 4 rings (SSSR count). The summed E-state index contributed by atoms with van der Waals surface area (Å²) in [4.78, 5) is 17.2. The molecule has 0 N–H and O–H groups in total. The number of rotatable bonds is 5. The molecule has 0 aliphatic rings. The van der Waals surface area contributed by atoms with Crippen LogP contribution in [-0.4, -0.2) is 35.5 Å². The van der Waals surface area contributed by atoms with E-state index in [9.17, 15) is 8.78 Å². The van der Waals surface area contributed by atoms with E-state index in [1.165, 1.54) is 15.9 Å². The number of thiazole rings is 1. The van der Waals surface area contributed by atoms with Gasteiger partial charge < -0.3 is 9.13 Å². The molecule has 0 saturated heterocycles. The van der Waals surface area contributed by atoms with Gasteiger partial charge in [0.25, 0.3) is 6.43 Å². The fourth-order valence-corrected chi connectivity index (χ4v) is 3.22. The summed E-state index contributed by atoms with van der Waals surface area (Å²) in [6.07, 6.45) is 4.25. The van der Waals surface area contributed by atoms with E-state index in [2.05, 4.69) is 19.9 Å². The van der Waals surface area contributed by atoms with Crippen LogP contribution in [0.5, 0.6) is 0 Å². The van der Waals surface area contributed by atoms with Crippen molar-refractivity contribution in [3.8, 4) is 10.8 Å². The fourth-order valence-electron chi connectivity index (χ4n) is 2.58. The highest BCUT2D eigenvalue weighted by Crippen LogP contribution is 2.22. The first-order valence-electron chi connectivity index (χ1n) is 7.21. The van der Waals surface area contributed by atoms with Crippen molar-refractivity contribution in [3.63, 3.8) is 0 Å². The summed E-state index contributed by atoms with van der Waals surface area (Å²) in [6.45, 7) is -0.123. The van der Waals surface area contributed by atoms with E-state index in [1.54, 1.807) is 36.9 Å². The molecule has 6 nitrogen and oxygen atoms in total. The number of hydrogen-bond donors (Lipinski definition) is 0. The maximum Gasteiger partial charge on any atom is 0.256 e. The van der Waals surface area contributed by atoms with Gasteiger partial charge in [0, 0.05) is 30.2 Å². The third kappa shape index (κ3) is 2.67. The average Bonchev–Trinajstić information content (AvgIpc) is 3.28. The highest BCUT2D eigenvalue weighted by atomic mass is 32.1. The van der Waals surface area contributed by atoms with Crippen molar-refractivity contribution >= 4 is 22.5 Å². The number of imidazole rings is 2. The Morgan fingerprint density at radius 3 is 2.83 bits per heavy atom. The SMILES string of the molecule is FC(F)Cn1c(Cn2ccnc2-c2nccs2)nc2cccnc21. The summed E-state index contributed by atoms with van der Waals surface area (Å²) >= 11 is 1.47. The first kappa shape index (κ1) is 14.9. The Kier molecular flexibility index (Phi) is 3.77. The number of aromatic nitrogens is 6. The maximum atomic E-state index is 13.0. The Bertz CT molecular complexity index is 960. The number of nitrogens with zero attached hydrogens (tertiary/aromatic N) is 6. The van der Waals surface area contributed by atoms with Crippen LogP contribution < -0.4 is 0 Å². The highest BCUT2D eigenvalue weighted by Gasteiger charge is 2.17. The number of hydrogen-bond acceptors (Lipinski definition) is 5. The Morgan fingerprint density at radius 2 is 2.04 bits per heavy atom. The van der Waals surface area contributed by atoms with Gasteiger partial charge in [0.05, 0.1) is 13.1 Å². The number of pyridine rings is 1. The van der Waals surface area contributed by atoms with Crippen molar-refractivity contribution in [2.45, 2.75) is 19.5 Å². The summed E-state index contributed by atoms with van der Waals surface area (Å²) in [5.41, 5.74) is 1.06. The summed E-state index contributed by atoms with van der Waals surface area (Å²) in [6, 6.07) is 3.51. The minimum Gasteiger partial charge on any atom is -0.321 e. The lowest BCUT2D eigenvalue weighted by Gasteiger charge is -2.09. The van der Waals surface area contributed by atoms with E-state index in [1.807, 2.05) is 9.95 Å². The molecule has 0 amide bonds. The van der Waals surface area contributed by atoms with Gasteiger partial charge >= 0.3 is 0 Å². The van der Waals surface area contributed by atoms with E-state index >= 15 is 0 Å². The summed E-state index contributed by atoms with van der Waals surface area (Å²) < 4.78 is 29.3. The van der Waals surface area contributed by atoms with Crippen LogP contribution in [0.2, 0.25) is 0 Å². The number of alkyl halides is 2. The van der Waals surface area contributed by atoms with Crippen molar-refractivity contribution in [1.29, 1.82) is 0 Å². The van der Waals surface area contributed by atoms with E-state index in [0.717, 1.165) is 5.01 Å². The van der Waals surface area contributed by atoms with Gasteiger partial charge in [-0.3, -0.25) is 0 Å². The quantitative estimate of drug-likeness (QED) is 0.557. The van der Waals surface area contributed by atoms with Gasteiger partial charge in [0.2, 0.25) is 0 Å². The molecule has 0 aromatic carbocycles. The van der Waals surface area contributed by atoms with Crippen LogP contribution in [0, 0.1) is 0 Å². The van der Waals surface area contributed by atoms with Gasteiger partial charge in [-0.1, -0.05) is 0 Å². The molecule has 122 valence electrons. The second kappa shape index (κ2) is 6.08. The molecule has 4 aromatic heterocycles. The molecule has 0 aliphatic heterocycles. The van der Waals surface area contributed by atoms with Gasteiger partial charge in [-0.2, -0.15) is 0 Å². The second-order valence-corrected chi connectivity index (χ2v) is 5.99. The first-order chi connectivity index (χ1) is 11.7. The Labute approximate surface area is 139 Å². The number of halogens is 2. The molecule has 0 bridgehead atoms. The van der Waals surface area contributed by atoms with E-state index in [-0.39, 0.29) is 0 Å². The van der Waals surface area contributed by atoms with Crippen LogP contribution in [0.1, 0.15) is 5.82 Å². The molecular weight excluding hydrogens is 334 g/mol. The molecule has 0 saturated carbocycles. The molecule has 0 radical (unpaired) electrons. The van der Waals surface area contributed by atoms with E-state index in [4.69, 9.17) is 0 Å². The summed E-state index contributed by atoms with van der Waals surface area (Å²) in [5.74, 6) is 1.20. The first-order valence-corrected chi connectivity index (χ1v) is 8.09. The zero-order valence-corrected chi connectivity index (χ0v) is 13.2. The standard InChI is InChI=1S/C15H12F2N6S/c16-11(17)8-23-12(21-10-2-1-3-18-13(10)23)9-22-6-4-19-14(22)15-20-5-7-24-15/h1-7,11H,8-9H2. The summed E-state index contributed by atoms with van der Waals surface area (Å²) in [5, 5.41) is 2.64. The van der Waals surface area contributed by atoms with Crippen LogP contribution in [0.15, 0.2) is 42.3 Å². The van der Waals surface area contributed by atoms with Crippen LogP contribution in [0.3, 0.4) is 0 Å². The van der Waals surface area contributed by atoms with Gasteiger partial charge in [0.15, 0.2) is 16.5 Å².